The zero-order valence-corrected chi connectivity index (χ0v) is 15.6. The SMILES string of the molecule is COc1cc(OC)nc(NS(=O)(=O)c2ccc(Br)cc2OC(F)(F)F)n1. The first-order valence-electron chi connectivity index (χ1n) is 6.59. The van der Waals surface area contributed by atoms with E-state index in [9.17, 15) is 21.6 Å². The standard InChI is InChI=1S/C13H11BrF3N3O5S/c1-23-10-6-11(24-2)19-12(18-10)20-26(21,22)9-4-3-7(14)5-8(9)25-13(15,16)17/h3-6H,1-2H3,(H,18,19,20). The number of rotatable bonds is 6. The van der Waals surface area contributed by atoms with E-state index in [2.05, 4.69) is 30.6 Å². The Labute approximate surface area is 154 Å². The molecule has 1 N–H and O–H groups in total. The molecule has 142 valence electrons. The summed E-state index contributed by atoms with van der Waals surface area (Å²) in [5.74, 6) is -1.41. The van der Waals surface area contributed by atoms with Crippen LogP contribution in [0, 0.1) is 0 Å². The summed E-state index contributed by atoms with van der Waals surface area (Å²) >= 11 is 2.95. The second-order valence-electron chi connectivity index (χ2n) is 4.52. The lowest BCUT2D eigenvalue weighted by Crippen LogP contribution is -2.21. The zero-order chi connectivity index (χ0) is 19.5. The summed E-state index contributed by atoms with van der Waals surface area (Å²) in [4.78, 5) is 6.75. The van der Waals surface area contributed by atoms with Gasteiger partial charge in [0.1, 0.15) is 4.90 Å². The van der Waals surface area contributed by atoms with Crippen LogP contribution in [0.3, 0.4) is 0 Å². The maximum absolute atomic E-state index is 12.6. The number of hydrogen-bond donors (Lipinski definition) is 1. The number of nitrogens with zero attached hydrogens (tertiary/aromatic N) is 2. The van der Waals surface area contributed by atoms with Gasteiger partial charge in [0.2, 0.25) is 17.7 Å². The third-order valence-corrected chi connectivity index (χ3v) is 4.60. The molecule has 0 radical (unpaired) electrons. The second kappa shape index (κ2) is 7.53. The van der Waals surface area contributed by atoms with E-state index in [1.54, 1.807) is 0 Å². The fourth-order valence-electron chi connectivity index (χ4n) is 1.74. The van der Waals surface area contributed by atoms with Gasteiger partial charge in [-0.25, -0.2) is 13.1 Å². The lowest BCUT2D eigenvalue weighted by molar-refractivity contribution is -0.275. The first-order valence-corrected chi connectivity index (χ1v) is 8.87. The van der Waals surface area contributed by atoms with Crippen molar-refractivity contribution in [1.29, 1.82) is 0 Å². The maximum atomic E-state index is 12.6. The summed E-state index contributed by atoms with van der Waals surface area (Å²) in [5, 5.41) is 0. The molecule has 8 nitrogen and oxygen atoms in total. The molecule has 0 fully saturated rings. The normalized spacial score (nSPS) is 11.8. The number of ether oxygens (including phenoxy) is 3. The molecule has 0 saturated carbocycles. The Hall–Kier alpha value is -2.28. The summed E-state index contributed by atoms with van der Waals surface area (Å²) in [5.41, 5.74) is 0. The van der Waals surface area contributed by atoms with Crippen LogP contribution in [0.1, 0.15) is 0 Å². The molecular weight excluding hydrogens is 447 g/mol. The van der Waals surface area contributed by atoms with Crippen molar-refractivity contribution in [2.24, 2.45) is 0 Å². The van der Waals surface area contributed by atoms with Crippen molar-refractivity contribution in [2.45, 2.75) is 11.3 Å². The van der Waals surface area contributed by atoms with E-state index in [0.29, 0.717) is 0 Å². The highest BCUT2D eigenvalue weighted by atomic mass is 79.9. The smallest absolute Gasteiger partial charge is 0.481 e. The molecule has 1 aromatic carbocycles. The van der Waals surface area contributed by atoms with Gasteiger partial charge in [0.15, 0.2) is 5.75 Å². The van der Waals surface area contributed by atoms with Crippen molar-refractivity contribution < 1.29 is 35.8 Å². The third kappa shape index (κ3) is 5.11. The number of hydrogen-bond acceptors (Lipinski definition) is 7. The summed E-state index contributed by atoms with van der Waals surface area (Å²) in [6.07, 6.45) is -5.08. The van der Waals surface area contributed by atoms with Crippen molar-refractivity contribution in [3.05, 3.63) is 28.7 Å². The Morgan fingerprint density at radius 1 is 1.08 bits per heavy atom. The van der Waals surface area contributed by atoms with Crippen LogP contribution in [0.5, 0.6) is 17.5 Å². The van der Waals surface area contributed by atoms with Gasteiger partial charge in [-0.2, -0.15) is 9.97 Å². The summed E-state index contributed by atoms with van der Waals surface area (Å²) in [7, 11) is -1.95. The minimum atomic E-state index is -5.08. The molecule has 2 rings (SSSR count). The van der Waals surface area contributed by atoms with Crippen LogP contribution in [0.25, 0.3) is 0 Å². The predicted molar refractivity (Wildman–Crippen MR) is 86.8 cm³/mol. The molecule has 0 saturated heterocycles. The number of benzene rings is 1. The van der Waals surface area contributed by atoms with Gasteiger partial charge < -0.3 is 14.2 Å². The molecular formula is C13H11BrF3N3O5S. The van der Waals surface area contributed by atoms with Gasteiger partial charge in [-0.15, -0.1) is 13.2 Å². The molecule has 0 spiro atoms. The highest BCUT2D eigenvalue weighted by molar-refractivity contribution is 9.10. The van der Waals surface area contributed by atoms with Crippen LogP contribution < -0.4 is 18.9 Å². The quantitative estimate of drug-likeness (QED) is 0.711. The molecule has 0 unspecified atom stereocenters. The monoisotopic (exact) mass is 457 g/mol. The van der Waals surface area contributed by atoms with Crippen LogP contribution in [0.2, 0.25) is 0 Å². The lowest BCUT2D eigenvalue weighted by Gasteiger charge is -2.14. The molecule has 0 aliphatic carbocycles. The number of anilines is 1. The number of alkyl halides is 3. The van der Waals surface area contributed by atoms with Crippen LogP contribution in [-0.2, 0) is 10.0 Å². The Balaban J connectivity index is 2.45. The largest absolute Gasteiger partial charge is 0.573 e. The topological polar surface area (TPSA) is 99.6 Å². The molecule has 1 heterocycles. The molecule has 26 heavy (non-hydrogen) atoms. The van der Waals surface area contributed by atoms with Gasteiger partial charge in [0.25, 0.3) is 10.0 Å². The van der Waals surface area contributed by atoms with Crippen molar-refractivity contribution in [1.82, 2.24) is 9.97 Å². The van der Waals surface area contributed by atoms with E-state index in [1.165, 1.54) is 26.4 Å². The van der Waals surface area contributed by atoms with Crippen LogP contribution >= 0.6 is 15.9 Å². The van der Waals surface area contributed by atoms with Gasteiger partial charge in [-0.3, -0.25) is 0 Å². The summed E-state index contributed by atoms with van der Waals surface area (Å²) in [6, 6.07) is 4.33. The Morgan fingerprint density at radius 3 is 2.15 bits per heavy atom. The van der Waals surface area contributed by atoms with Crippen molar-refractivity contribution in [3.8, 4) is 17.5 Å². The predicted octanol–water partition coefficient (Wildman–Crippen LogP) is 2.96. The van der Waals surface area contributed by atoms with E-state index in [4.69, 9.17) is 9.47 Å². The number of nitrogens with one attached hydrogen (secondary N) is 1. The molecule has 0 atom stereocenters. The highest BCUT2D eigenvalue weighted by Gasteiger charge is 2.34. The van der Waals surface area contributed by atoms with E-state index >= 15 is 0 Å². The summed E-state index contributed by atoms with van der Waals surface area (Å²) in [6.45, 7) is 0. The molecule has 1 aromatic heterocycles. The highest BCUT2D eigenvalue weighted by Crippen LogP contribution is 2.33. The first-order chi connectivity index (χ1) is 12.0. The average molecular weight is 458 g/mol. The maximum Gasteiger partial charge on any atom is 0.573 e. The lowest BCUT2D eigenvalue weighted by atomic mass is 10.3. The number of halogens is 4. The van der Waals surface area contributed by atoms with Crippen LogP contribution in [0.4, 0.5) is 19.1 Å². The van der Waals surface area contributed by atoms with E-state index < -0.39 is 33.0 Å². The minimum absolute atomic E-state index is 0.0166. The zero-order valence-electron chi connectivity index (χ0n) is 13.2. The molecule has 0 bridgehead atoms. The third-order valence-electron chi connectivity index (χ3n) is 2.74. The van der Waals surface area contributed by atoms with Crippen molar-refractivity contribution in [3.63, 3.8) is 0 Å². The van der Waals surface area contributed by atoms with Gasteiger partial charge in [-0.05, 0) is 18.2 Å². The number of sulfonamides is 1. The number of methoxy groups -OCH3 is 2. The Bertz CT molecular complexity index is 886. The van der Waals surface area contributed by atoms with Crippen LogP contribution in [-0.4, -0.2) is 39.0 Å². The van der Waals surface area contributed by atoms with Gasteiger partial charge in [0.05, 0.1) is 20.3 Å². The molecule has 0 aliphatic heterocycles. The van der Waals surface area contributed by atoms with Crippen molar-refractivity contribution >= 4 is 31.9 Å². The minimum Gasteiger partial charge on any atom is -0.481 e. The molecule has 0 amide bonds. The Morgan fingerprint density at radius 2 is 1.65 bits per heavy atom. The van der Waals surface area contributed by atoms with Crippen LogP contribution in [0.15, 0.2) is 33.6 Å². The van der Waals surface area contributed by atoms with E-state index in [-0.39, 0.29) is 16.2 Å². The Kier molecular flexibility index (Phi) is 5.81. The van der Waals surface area contributed by atoms with Gasteiger partial charge >= 0.3 is 6.36 Å². The second-order valence-corrected chi connectivity index (χ2v) is 7.09. The molecule has 13 heteroatoms. The molecule has 0 aliphatic rings. The van der Waals surface area contributed by atoms with Crippen molar-refractivity contribution in [2.75, 3.05) is 18.9 Å². The molecule has 2 aromatic rings. The van der Waals surface area contributed by atoms with Gasteiger partial charge in [0, 0.05) is 4.47 Å². The first kappa shape index (κ1) is 20.0. The fourth-order valence-corrected chi connectivity index (χ4v) is 3.14. The van der Waals surface area contributed by atoms with E-state index in [1.807, 2.05) is 4.72 Å². The number of aromatic nitrogens is 2. The van der Waals surface area contributed by atoms with Gasteiger partial charge in [-0.1, -0.05) is 15.9 Å². The van der Waals surface area contributed by atoms with E-state index in [0.717, 1.165) is 12.1 Å². The average Bonchev–Trinajstić information content (AvgIpc) is 2.52. The fraction of sp³-hybridized carbons (Fsp3) is 0.231. The summed E-state index contributed by atoms with van der Waals surface area (Å²) < 4.78 is 78.3.